The fourth-order valence-corrected chi connectivity index (χ4v) is 2.42. The van der Waals surface area contributed by atoms with Gasteiger partial charge >= 0.3 is 12.4 Å². The lowest BCUT2D eigenvalue weighted by atomic mass is 9.79. The number of alkyl halides is 6. The SMILES string of the molecule is CCC(C)(CC)Cc1ccc(CC(O)(C(F)(F)F)C(F)(F)F)cc1. The second kappa shape index (κ2) is 6.94. The van der Waals surface area contributed by atoms with Crippen molar-refractivity contribution in [2.24, 2.45) is 5.41 Å². The molecule has 1 N–H and O–H groups in total. The lowest BCUT2D eigenvalue weighted by Gasteiger charge is -2.32. The van der Waals surface area contributed by atoms with Gasteiger partial charge in [0.05, 0.1) is 0 Å². The van der Waals surface area contributed by atoms with Gasteiger partial charge in [-0.15, -0.1) is 0 Å². The standard InChI is InChI=1S/C17H22F6O/c1-4-14(3,5-2)10-12-6-8-13(9-7-12)11-15(24,16(18,19)20)17(21,22)23/h6-9,24H,4-5,10-11H2,1-3H3. The minimum atomic E-state index is -5.80. The van der Waals surface area contributed by atoms with Gasteiger partial charge in [0.15, 0.2) is 0 Å². The molecule has 1 aromatic rings. The van der Waals surface area contributed by atoms with Gasteiger partial charge in [-0.05, 0) is 23.0 Å². The molecule has 0 aliphatic rings. The number of aliphatic hydroxyl groups is 1. The van der Waals surface area contributed by atoms with E-state index in [1.807, 2.05) is 13.8 Å². The first-order valence-electron chi connectivity index (χ1n) is 7.71. The van der Waals surface area contributed by atoms with E-state index in [-0.39, 0.29) is 11.0 Å². The molecule has 0 unspecified atom stereocenters. The quantitative estimate of drug-likeness (QED) is 0.672. The monoisotopic (exact) mass is 356 g/mol. The van der Waals surface area contributed by atoms with E-state index < -0.39 is 24.4 Å². The van der Waals surface area contributed by atoms with Crippen LogP contribution in [0.25, 0.3) is 0 Å². The molecule has 7 heteroatoms. The molecular formula is C17H22F6O. The van der Waals surface area contributed by atoms with Crippen LogP contribution in [0.5, 0.6) is 0 Å². The summed E-state index contributed by atoms with van der Waals surface area (Å²) in [6, 6.07) is 5.46. The summed E-state index contributed by atoms with van der Waals surface area (Å²) >= 11 is 0. The summed E-state index contributed by atoms with van der Waals surface area (Å²) < 4.78 is 76.3. The molecule has 24 heavy (non-hydrogen) atoms. The summed E-state index contributed by atoms with van der Waals surface area (Å²) in [5.41, 5.74) is -4.10. The summed E-state index contributed by atoms with van der Waals surface area (Å²) in [4.78, 5) is 0. The Bertz CT molecular complexity index is 511. The van der Waals surface area contributed by atoms with Crippen molar-refractivity contribution in [3.05, 3.63) is 35.4 Å². The van der Waals surface area contributed by atoms with Gasteiger partial charge < -0.3 is 5.11 Å². The highest BCUT2D eigenvalue weighted by Gasteiger charge is 2.70. The smallest absolute Gasteiger partial charge is 0.373 e. The Morgan fingerprint density at radius 3 is 1.38 bits per heavy atom. The van der Waals surface area contributed by atoms with Crippen molar-refractivity contribution in [1.82, 2.24) is 0 Å². The fourth-order valence-electron chi connectivity index (χ4n) is 2.42. The largest absolute Gasteiger partial charge is 0.426 e. The van der Waals surface area contributed by atoms with E-state index in [0.717, 1.165) is 18.4 Å². The maximum atomic E-state index is 12.7. The molecule has 0 spiro atoms. The van der Waals surface area contributed by atoms with Crippen molar-refractivity contribution in [3.8, 4) is 0 Å². The predicted octanol–water partition coefficient (Wildman–Crippen LogP) is 5.45. The Kier molecular flexibility index (Phi) is 6.02. The lowest BCUT2D eigenvalue weighted by molar-refractivity contribution is -0.367. The van der Waals surface area contributed by atoms with Crippen LogP contribution in [0.15, 0.2) is 24.3 Å². The number of hydrogen-bond acceptors (Lipinski definition) is 1. The zero-order chi connectivity index (χ0) is 18.8. The fraction of sp³-hybridized carbons (Fsp3) is 0.647. The van der Waals surface area contributed by atoms with E-state index in [9.17, 15) is 31.4 Å². The first-order chi connectivity index (χ1) is 10.8. The molecule has 0 aliphatic heterocycles. The third kappa shape index (κ3) is 4.43. The molecule has 1 nitrogen and oxygen atoms in total. The van der Waals surface area contributed by atoms with Crippen molar-refractivity contribution in [3.63, 3.8) is 0 Å². The van der Waals surface area contributed by atoms with Crippen molar-refractivity contribution < 1.29 is 31.4 Å². The molecule has 1 aromatic carbocycles. The average Bonchev–Trinajstić information content (AvgIpc) is 2.46. The summed E-state index contributed by atoms with van der Waals surface area (Å²) in [6.45, 7) is 6.14. The Balaban J connectivity index is 3.01. The predicted molar refractivity (Wildman–Crippen MR) is 79.6 cm³/mol. The molecule has 0 saturated heterocycles. The van der Waals surface area contributed by atoms with E-state index in [2.05, 4.69) is 6.92 Å². The molecule has 0 radical (unpaired) electrons. The van der Waals surface area contributed by atoms with Crippen LogP contribution in [0.4, 0.5) is 26.3 Å². The number of hydrogen-bond donors (Lipinski definition) is 1. The van der Waals surface area contributed by atoms with Crippen LogP contribution in [0, 0.1) is 5.41 Å². The molecule has 138 valence electrons. The van der Waals surface area contributed by atoms with Gasteiger partial charge in [-0.3, -0.25) is 0 Å². The summed E-state index contributed by atoms with van der Waals surface area (Å²) in [5, 5.41) is 9.22. The maximum Gasteiger partial charge on any atom is 0.426 e. The van der Waals surface area contributed by atoms with Gasteiger partial charge in [-0.1, -0.05) is 57.9 Å². The highest BCUT2D eigenvalue weighted by atomic mass is 19.4. The summed E-state index contributed by atoms with van der Waals surface area (Å²) in [7, 11) is 0. The van der Waals surface area contributed by atoms with Crippen molar-refractivity contribution in [2.45, 2.75) is 64.4 Å². The Hall–Kier alpha value is -1.24. The van der Waals surface area contributed by atoms with Crippen molar-refractivity contribution in [2.75, 3.05) is 0 Å². The Morgan fingerprint density at radius 2 is 1.08 bits per heavy atom. The highest BCUT2D eigenvalue weighted by molar-refractivity contribution is 5.25. The third-order valence-corrected chi connectivity index (χ3v) is 4.76. The zero-order valence-electron chi connectivity index (χ0n) is 13.9. The summed E-state index contributed by atoms with van der Waals surface area (Å²) in [6.07, 6.45) is -10.7. The minimum absolute atomic E-state index is 0.0280. The summed E-state index contributed by atoms with van der Waals surface area (Å²) in [5.74, 6) is 0. The van der Waals surface area contributed by atoms with E-state index in [1.54, 1.807) is 0 Å². The van der Waals surface area contributed by atoms with Gasteiger partial charge in [0.25, 0.3) is 5.60 Å². The van der Waals surface area contributed by atoms with Gasteiger partial charge in [-0.2, -0.15) is 26.3 Å². The van der Waals surface area contributed by atoms with E-state index in [1.165, 1.54) is 24.3 Å². The van der Waals surface area contributed by atoms with Crippen molar-refractivity contribution >= 4 is 0 Å². The molecule has 0 amide bonds. The van der Waals surface area contributed by atoms with Gasteiger partial charge in [0.2, 0.25) is 0 Å². The van der Waals surface area contributed by atoms with Gasteiger partial charge in [-0.25, -0.2) is 0 Å². The second-order valence-corrected chi connectivity index (χ2v) is 6.54. The van der Waals surface area contributed by atoms with Crippen LogP contribution in [0.2, 0.25) is 0 Å². The zero-order valence-corrected chi connectivity index (χ0v) is 13.9. The topological polar surface area (TPSA) is 20.2 Å². The number of benzene rings is 1. The van der Waals surface area contributed by atoms with E-state index >= 15 is 0 Å². The number of halogens is 6. The lowest BCUT2D eigenvalue weighted by Crippen LogP contribution is -2.58. The molecule has 0 saturated carbocycles. The first kappa shape index (κ1) is 20.8. The molecule has 0 fully saturated rings. The van der Waals surface area contributed by atoms with Crippen LogP contribution in [0.3, 0.4) is 0 Å². The van der Waals surface area contributed by atoms with E-state index in [4.69, 9.17) is 0 Å². The van der Waals surface area contributed by atoms with E-state index in [0.29, 0.717) is 6.42 Å². The molecule has 1 rings (SSSR count). The molecule has 0 atom stereocenters. The third-order valence-electron chi connectivity index (χ3n) is 4.76. The van der Waals surface area contributed by atoms with Gasteiger partial charge in [0, 0.05) is 6.42 Å². The Morgan fingerprint density at radius 1 is 0.750 bits per heavy atom. The number of rotatable bonds is 6. The maximum absolute atomic E-state index is 12.7. The van der Waals surface area contributed by atoms with Crippen LogP contribution >= 0.6 is 0 Å². The highest BCUT2D eigenvalue weighted by Crippen LogP contribution is 2.45. The van der Waals surface area contributed by atoms with Crippen LogP contribution in [0.1, 0.15) is 44.7 Å². The molecule has 0 heterocycles. The van der Waals surface area contributed by atoms with Crippen molar-refractivity contribution in [1.29, 1.82) is 0 Å². The normalized spacial score (nSPS) is 14.1. The van der Waals surface area contributed by atoms with Crippen LogP contribution in [-0.4, -0.2) is 23.1 Å². The average molecular weight is 356 g/mol. The molecule has 0 aromatic heterocycles. The van der Waals surface area contributed by atoms with Gasteiger partial charge in [0.1, 0.15) is 0 Å². The molecule has 0 bridgehead atoms. The minimum Gasteiger partial charge on any atom is -0.373 e. The van der Waals surface area contributed by atoms with Crippen LogP contribution < -0.4 is 0 Å². The second-order valence-electron chi connectivity index (χ2n) is 6.54. The molecular weight excluding hydrogens is 334 g/mol. The Labute approximate surface area is 137 Å². The molecule has 0 aliphatic carbocycles. The van der Waals surface area contributed by atoms with Crippen LogP contribution in [-0.2, 0) is 12.8 Å². The first-order valence-corrected chi connectivity index (χ1v) is 7.71.